The molecule has 0 aromatic heterocycles. The Morgan fingerprint density at radius 1 is 0.647 bits per heavy atom. The van der Waals surface area contributed by atoms with Gasteiger partial charge in [0, 0.05) is 30.0 Å². The zero-order valence-electron chi connectivity index (χ0n) is 37.5. The van der Waals surface area contributed by atoms with E-state index < -0.39 is 70.9 Å². The molecule has 0 bridgehead atoms. The van der Waals surface area contributed by atoms with E-state index in [-0.39, 0.29) is 37.0 Å². The Balaban J connectivity index is 1.26. The first kappa shape index (κ1) is 54.1. The average molecular weight is 974 g/mol. The number of benzene rings is 4. The second-order valence-electron chi connectivity index (χ2n) is 15.3. The molecule has 20 nitrogen and oxygen atoms in total. The van der Waals surface area contributed by atoms with Gasteiger partial charge in [-0.05, 0) is 55.1 Å². The number of aldehydes is 1. The van der Waals surface area contributed by atoms with Crippen molar-refractivity contribution >= 4 is 63.6 Å². The molecule has 0 saturated carbocycles. The Morgan fingerprint density at radius 2 is 1.15 bits per heavy atom. The van der Waals surface area contributed by atoms with Crippen LogP contribution in [0.3, 0.4) is 0 Å². The minimum atomic E-state index is -4.11. The van der Waals surface area contributed by atoms with Crippen LogP contribution in [0.1, 0.15) is 52.6 Å². The monoisotopic (exact) mass is 973 g/mol. The molecule has 4 aromatic carbocycles. The van der Waals surface area contributed by atoms with Crippen LogP contribution in [0.15, 0.2) is 119 Å². The Hall–Kier alpha value is -6.53. The Labute approximate surface area is 399 Å². The quantitative estimate of drug-likeness (QED) is 0.00638. The third-order valence-electron chi connectivity index (χ3n) is 10.0. The van der Waals surface area contributed by atoms with Crippen molar-refractivity contribution in [3.8, 4) is 0 Å². The lowest BCUT2D eigenvalue weighted by Gasteiger charge is -2.22. The molecule has 0 aliphatic carbocycles. The zero-order chi connectivity index (χ0) is 49.3. The highest BCUT2D eigenvalue weighted by molar-refractivity contribution is 7.96. The number of amides is 4. The first-order valence-electron chi connectivity index (χ1n) is 21.5. The van der Waals surface area contributed by atoms with Crippen molar-refractivity contribution in [1.82, 2.24) is 36.0 Å². The molecule has 4 aromatic rings. The highest BCUT2D eigenvalue weighted by Gasteiger charge is 2.29. The van der Waals surface area contributed by atoms with Crippen molar-refractivity contribution in [3.05, 3.63) is 143 Å². The van der Waals surface area contributed by atoms with Crippen molar-refractivity contribution in [2.45, 2.75) is 68.0 Å². The molecular weight excluding hydrogens is 915 g/mol. The van der Waals surface area contributed by atoms with Crippen LogP contribution in [0.2, 0.25) is 0 Å². The normalized spacial score (nSPS) is 13.6. The molecule has 0 fully saturated rings. The molecule has 0 aliphatic rings. The fraction of sp³-hybridized carbons (Fsp3) is 0.326. The summed E-state index contributed by atoms with van der Waals surface area (Å²) in [5, 5.41) is 41.3. The van der Waals surface area contributed by atoms with E-state index in [1.165, 1.54) is 11.9 Å². The average Bonchev–Trinajstić information content (AvgIpc) is 3.35. The number of aliphatic hydroxyl groups is 2. The SMILES string of the molecule is CNCCCCC(NC(=O)C(CO)NSCc1ccccc1)C(=O)NCc1ccc(C(N)=NN=C(N)c2ccc(CNC(=O)C(CO)NC(=O)C(C=O)NS(=O)(=O)Cc3ccccc3)cc2)cc1. The molecule has 4 rings (SSSR count). The predicted octanol–water partition coefficient (Wildman–Crippen LogP) is -0.218. The van der Waals surface area contributed by atoms with Gasteiger partial charge in [-0.1, -0.05) is 121 Å². The number of nitrogens with two attached hydrogens (primary N) is 2. The lowest BCUT2D eigenvalue weighted by Crippen LogP contribution is -2.55. The fourth-order valence-electron chi connectivity index (χ4n) is 6.23. The van der Waals surface area contributed by atoms with Crippen LogP contribution in [0.4, 0.5) is 0 Å². The highest BCUT2D eigenvalue weighted by atomic mass is 32.2. The van der Waals surface area contributed by atoms with E-state index in [1.807, 2.05) is 42.1 Å². The summed E-state index contributed by atoms with van der Waals surface area (Å²) in [5.74, 6) is -2.56. The number of aliphatic hydroxyl groups excluding tert-OH is 2. The summed E-state index contributed by atoms with van der Waals surface area (Å²) in [7, 11) is -2.27. The molecule has 13 N–H and O–H groups in total. The van der Waals surface area contributed by atoms with Crippen molar-refractivity contribution in [1.29, 1.82) is 0 Å². The standard InChI is InChI=1S/C46H59N11O9S2/c1-49-23-9-8-14-37(52-45(63)39(27-59)56-67-29-33-10-4-2-5-11-33)43(61)50-24-31-15-19-35(20-16-31)41(47)54-55-42(48)36-21-17-32(18-22-36)25-51-44(62)38(26-58)53-46(64)40(28-60)57-68(65,66)30-34-12-6-3-7-13-34/h2-7,10-13,15-22,28,37-40,49,56-59H,8-9,14,23-27,29-30H2,1H3,(H2,47,54)(H2,48,55)(H,50,61)(H,51,62)(H,52,63)(H,53,64). The number of carbonyl (C=O) groups excluding carboxylic acids is 5. The lowest BCUT2D eigenvalue weighted by atomic mass is 10.1. The predicted molar refractivity (Wildman–Crippen MR) is 261 cm³/mol. The van der Waals surface area contributed by atoms with Crippen molar-refractivity contribution in [3.63, 3.8) is 0 Å². The maximum absolute atomic E-state index is 13.4. The molecule has 68 heavy (non-hydrogen) atoms. The molecule has 0 spiro atoms. The summed E-state index contributed by atoms with van der Waals surface area (Å²) in [6.07, 6.45) is 1.98. The summed E-state index contributed by atoms with van der Waals surface area (Å²) in [4.78, 5) is 63.6. The maximum Gasteiger partial charge on any atom is 0.246 e. The van der Waals surface area contributed by atoms with Crippen LogP contribution in [0, 0.1) is 0 Å². The first-order valence-corrected chi connectivity index (χ1v) is 24.2. The molecule has 4 unspecified atom stereocenters. The van der Waals surface area contributed by atoms with Gasteiger partial charge in [-0.2, -0.15) is 4.72 Å². The maximum atomic E-state index is 13.4. The number of hydrogen-bond acceptors (Lipinski definition) is 14. The van der Waals surface area contributed by atoms with Gasteiger partial charge in [-0.25, -0.2) is 13.1 Å². The molecule has 0 radical (unpaired) electrons. The summed E-state index contributed by atoms with van der Waals surface area (Å²) < 4.78 is 30.1. The molecule has 4 atom stereocenters. The molecule has 0 aliphatic heterocycles. The van der Waals surface area contributed by atoms with Crippen LogP contribution in [0.25, 0.3) is 0 Å². The molecular formula is C46H59N11O9S2. The van der Waals surface area contributed by atoms with Gasteiger partial charge in [0.1, 0.15) is 24.4 Å². The zero-order valence-corrected chi connectivity index (χ0v) is 39.1. The lowest BCUT2D eigenvalue weighted by molar-refractivity contribution is -0.132. The number of amidine groups is 2. The second-order valence-corrected chi connectivity index (χ2v) is 17.9. The fourth-order valence-corrected chi connectivity index (χ4v) is 8.32. The Kier molecular flexibility index (Phi) is 22.7. The number of sulfonamides is 1. The van der Waals surface area contributed by atoms with Crippen LogP contribution in [-0.4, -0.2) is 111 Å². The number of nitrogens with zero attached hydrogens (tertiary/aromatic N) is 2. The number of unbranched alkanes of at least 4 members (excludes halogenated alkanes) is 1. The number of rotatable bonds is 29. The van der Waals surface area contributed by atoms with Crippen molar-refractivity contribution < 1.29 is 42.6 Å². The minimum absolute atomic E-state index is 0.0276. The number of carbonyl (C=O) groups is 5. The van der Waals surface area contributed by atoms with Crippen LogP contribution < -0.4 is 47.5 Å². The number of hydrogen-bond donors (Lipinski definition) is 11. The second kappa shape index (κ2) is 28.6. The third-order valence-corrected chi connectivity index (χ3v) is 12.3. The van der Waals surface area contributed by atoms with Gasteiger partial charge in [-0.3, -0.25) is 19.2 Å². The van der Waals surface area contributed by atoms with Gasteiger partial charge in [0.2, 0.25) is 33.7 Å². The smallest absolute Gasteiger partial charge is 0.246 e. The molecule has 0 heterocycles. The largest absolute Gasteiger partial charge is 0.394 e. The van der Waals surface area contributed by atoms with Crippen LogP contribution in [0.5, 0.6) is 0 Å². The van der Waals surface area contributed by atoms with Crippen molar-refractivity contribution in [2.24, 2.45) is 21.7 Å². The van der Waals surface area contributed by atoms with Crippen molar-refractivity contribution in [2.75, 3.05) is 26.8 Å². The third kappa shape index (κ3) is 18.6. The molecule has 22 heteroatoms. The van der Waals surface area contributed by atoms with E-state index >= 15 is 0 Å². The van der Waals surface area contributed by atoms with E-state index in [1.54, 1.807) is 78.9 Å². The van der Waals surface area contributed by atoms with Crippen LogP contribution in [-0.2, 0) is 58.6 Å². The molecule has 364 valence electrons. The van der Waals surface area contributed by atoms with Crippen LogP contribution >= 0.6 is 11.9 Å². The van der Waals surface area contributed by atoms with Gasteiger partial charge in [-0.15, -0.1) is 10.2 Å². The minimum Gasteiger partial charge on any atom is -0.394 e. The van der Waals surface area contributed by atoms with E-state index in [2.05, 4.69) is 41.5 Å². The summed E-state index contributed by atoms with van der Waals surface area (Å²) in [6, 6.07) is 26.2. The van der Waals surface area contributed by atoms with Gasteiger partial charge >= 0.3 is 0 Å². The van der Waals surface area contributed by atoms with Gasteiger partial charge in [0.05, 0.1) is 19.0 Å². The molecule has 0 saturated heterocycles. The van der Waals surface area contributed by atoms with E-state index in [9.17, 15) is 42.6 Å². The van der Waals surface area contributed by atoms with E-state index in [4.69, 9.17) is 11.5 Å². The van der Waals surface area contributed by atoms with Gasteiger partial charge < -0.3 is 53.1 Å². The Morgan fingerprint density at radius 3 is 1.65 bits per heavy atom. The first-order chi connectivity index (χ1) is 32.7. The Bertz CT molecular complexity index is 2410. The summed E-state index contributed by atoms with van der Waals surface area (Å²) in [5.41, 5.74) is 16.2. The topological polar surface area (TPSA) is 321 Å². The van der Waals surface area contributed by atoms with E-state index in [0.29, 0.717) is 40.8 Å². The molecule has 4 amide bonds. The summed E-state index contributed by atoms with van der Waals surface area (Å²) >= 11 is 1.30. The summed E-state index contributed by atoms with van der Waals surface area (Å²) in [6.45, 7) is -0.382. The van der Waals surface area contributed by atoms with Gasteiger partial charge in [0.15, 0.2) is 17.7 Å². The van der Waals surface area contributed by atoms with E-state index in [0.717, 1.165) is 24.1 Å². The number of nitrogens with one attached hydrogen (secondary N) is 7. The van der Waals surface area contributed by atoms with Gasteiger partial charge in [0.25, 0.3) is 0 Å². The highest BCUT2D eigenvalue weighted by Crippen LogP contribution is 2.12.